The summed E-state index contributed by atoms with van der Waals surface area (Å²) >= 11 is 0. The highest BCUT2D eigenvalue weighted by Gasteiger charge is 2.47. The van der Waals surface area contributed by atoms with Crippen molar-refractivity contribution >= 4 is 69.6 Å². The number of aromatic carboxylic acids is 1. The molecule has 4 amide bonds. The Morgan fingerprint density at radius 3 is 2.04 bits per heavy atom. The minimum Gasteiger partial charge on any atom is -1.00 e. The summed E-state index contributed by atoms with van der Waals surface area (Å²) in [7, 11) is 9.76. The second-order valence-electron chi connectivity index (χ2n) is 22.5. The fraction of sp³-hybridized carbons (Fsp3) is 0.323. The van der Waals surface area contributed by atoms with Gasteiger partial charge in [-0.1, -0.05) is 74.5 Å². The first kappa shape index (κ1) is 60.4. The second kappa shape index (κ2) is 24.8. The summed E-state index contributed by atoms with van der Waals surface area (Å²) in [5.74, 6) is -4.68. The molecular formula is C65H69ClN6O11. The minimum atomic E-state index is -1.51. The number of unbranched alkanes of at least 4 members (excludes halogenated alkanes) is 2. The molecule has 4 aromatic rings. The van der Waals surface area contributed by atoms with Crippen LogP contribution in [-0.2, 0) is 44.5 Å². The van der Waals surface area contributed by atoms with Crippen molar-refractivity contribution < 1.29 is 70.1 Å². The van der Waals surface area contributed by atoms with Gasteiger partial charge in [-0.05, 0) is 98.9 Å². The molecule has 1 N–H and O–H groups in total. The number of carboxylic acids is 1. The first-order valence-electron chi connectivity index (χ1n) is 27.6. The fourth-order valence-electron chi connectivity index (χ4n) is 11.6. The number of amides is 4. The highest BCUT2D eigenvalue weighted by molar-refractivity contribution is 6.09. The Kier molecular flexibility index (Phi) is 18.1. The number of carbonyl (C=O) groups is 7. The summed E-state index contributed by atoms with van der Waals surface area (Å²) in [4.78, 5) is 100.0. The van der Waals surface area contributed by atoms with E-state index < -0.39 is 41.5 Å². The molecule has 0 saturated carbocycles. The molecular weight excluding hydrogens is 1080 g/mol. The van der Waals surface area contributed by atoms with Crippen LogP contribution in [0.5, 0.6) is 0 Å². The molecule has 432 valence electrons. The SMILES string of the molecule is CN(C)c1ccc2c(-c3ccc(C(=O)ON4C(=O)CCC4=O)cc3C(=O)[O-])c3ccc(=[N+](C)C)cc-3oc2c1.CN1/C(=C/C=C/C=C/C2[NH+](CCCCCC(=O)ON3C(=O)CCC3=O)c3ccccc3C2(C)C)C(C)(C)c2ccccc21.[Cl-]. The largest absolute Gasteiger partial charge is 1.00 e. The van der Waals surface area contributed by atoms with Crippen molar-refractivity contribution in [3.05, 3.63) is 167 Å². The van der Waals surface area contributed by atoms with Gasteiger partial charge < -0.3 is 46.2 Å². The van der Waals surface area contributed by atoms with Gasteiger partial charge in [0.1, 0.15) is 37.2 Å². The van der Waals surface area contributed by atoms with Gasteiger partial charge in [0.2, 0.25) is 5.36 Å². The smallest absolute Gasteiger partial charge is 0.363 e. The van der Waals surface area contributed by atoms with E-state index in [1.807, 2.05) is 74.1 Å². The van der Waals surface area contributed by atoms with Crippen LogP contribution in [0.25, 0.3) is 33.4 Å². The number of quaternary nitrogens is 1. The van der Waals surface area contributed by atoms with Crippen molar-refractivity contribution in [2.45, 2.75) is 95.9 Å². The number of allylic oxidation sites excluding steroid dienone is 5. The number of hydrogen-bond donors (Lipinski definition) is 1. The van der Waals surface area contributed by atoms with Gasteiger partial charge in [-0.15, -0.1) is 10.1 Å². The molecule has 2 unspecified atom stereocenters. The Bertz CT molecular complexity index is 3670. The molecule has 1 aliphatic carbocycles. The molecule has 0 spiro atoms. The van der Waals surface area contributed by atoms with Crippen LogP contribution in [-0.4, -0.2) is 99.5 Å². The first-order valence-corrected chi connectivity index (χ1v) is 27.6. The third-order valence-corrected chi connectivity index (χ3v) is 16.0. The molecule has 5 aliphatic heterocycles. The van der Waals surface area contributed by atoms with Gasteiger partial charge in [0.05, 0.1) is 29.6 Å². The van der Waals surface area contributed by atoms with Gasteiger partial charge in [0.25, 0.3) is 23.6 Å². The number of para-hydroxylation sites is 2. The molecule has 18 heteroatoms. The van der Waals surface area contributed by atoms with Crippen LogP contribution in [0, 0.1) is 0 Å². The molecule has 2 fully saturated rings. The number of hydroxylamine groups is 4. The zero-order valence-electron chi connectivity index (χ0n) is 48.2. The van der Waals surface area contributed by atoms with Gasteiger partial charge in [-0.25, -0.2) is 14.2 Å². The summed E-state index contributed by atoms with van der Waals surface area (Å²) in [5.41, 5.74) is 9.13. The maximum Gasteiger partial charge on any atom is 0.363 e. The van der Waals surface area contributed by atoms with E-state index >= 15 is 0 Å². The number of imide groups is 2. The Morgan fingerprint density at radius 1 is 0.747 bits per heavy atom. The average Bonchev–Trinajstić information content (AvgIpc) is 4.33. The zero-order valence-corrected chi connectivity index (χ0v) is 49.0. The Hall–Kier alpha value is -8.67. The third kappa shape index (κ3) is 12.3. The number of nitrogens with zero attached hydrogens (tertiary/aromatic N) is 5. The minimum absolute atomic E-state index is 0. The van der Waals surface area contributed by atoms with Crippen molar-refractivity contribution in [2.75, 3.05) is 51.6 Å². The van der Waals surface area contributed by atoms with Crippen LogP contribution < -0.4 is 42.1 Å². The molecule has 83 heavy (non-hydrogen) atoms. The van der Waals surface area contributed by atoms with Gasteiger partial charge in [0, 0.05) is 116 Å². The molecule has 4 aromatic carbocycles. The summed E-state index contributed by atoms with van der Waals surface area (Å²) in [6.07, 6.45) is 13.8. The van der Waals surface area contributed by atoms with Crippen molar-refractivity contribution in [1.82, 2.24) is 14.7 Å². The van der Waals surface area contributed by atoms with Crippen LogP contribution in [0.2, 0.25) is 0 Å². The fourth-order valence-corrected chi connectivity index (χ4v) is 11.6. The number of benzene rings is 5. The van der Waals surface area contributed by atoms with Gasteiger partial charge in [-0.3, -0.25) is 24.1 Å². The molecule has 0 aromatic heterocycles. The predicted molar refractivity (Wildman–Crippen MR) is 309 cm³/mol. The lowest BCUT2D eigenvalue weighted by Gasteiger charge is -2.27. The number of hydrogen-bond acceptors (Lipinski definition) is 13. The van der Waals surface area contributed by atoms with Crippen LogP contribution in [0.4, 0.5) is 17.1 Å². The normalized spacial score (nSPS) is 18.2. The van der Waals surface area contributed by atoms with Gasteiger partial charge in [0.15, 0.2) is 0 Å². The first-order chi connectivity index (χ1) is 39.1. The van der Waals surface area contributed by atoms with Crippen molar-refractivity contribution in [2.24, 2.45) is 0 Å². The molecule has 17 nitrogen and oxygen atoms in total. The van der Waals surface area contributed by atoms with Crippen LogP contribution in [0.3, 0.4) is 0 Å². The molecule has 5 heterocycles. The zero-order chi connectivity index (χ0) is 58.8. The highest BCUT2D eigenvalue weighted by atomic mass is 35.5. The average molecular weight is 1150 g/mol. The van der Waals surface area contributed by atoms with E-state index in [0.717, 1.165) is 36.5 Å². The Morgan fingerprint density at radius 2 is 1.39 bits per heavy atom. The summed E-state index contributed by atoms with van der Waals surface area (Å²) in [6, 6.07) is 32.9. The quantitative estimate of drug-likeness (QED) is 0.0502. The summed E-state index contributed by atoms with van der Waals surface area (Å²) in [6.45, 7) is 10.2. The maximum absolute atomic E-state index is 12.7. The van der Waals surface area contributed by atoms with E-state index in [4.69, 9.17) is 14.1 Å². The standard InChI is InChI=1S/C36H43N3O4.C29H25N3O7.ClH/c1-35(2)26-16-11-13-18-28(26)37(5)30(35)20-8-6-9-21-31-36(3,4)27-17-12-14-19-29(27)38(31)25-15-7-10-22-34(42)43-39-32(40)23-24-33(39)41;1-30(2)17-6-9-20-23(14-17)38-24-15-18(31(3)4)7-10-21(24)27(20)19-8-5-16(13-22(19)28(35)36)29(37)39-32-25(33)11-12-26(32)34;/h6,8-9,11-14,16-21,31H,7,10,15,22-25H2,1-5H3;5-10,13-15H,11-12H2,1-4H3;1H/b8-6+,21-9+,30-20+;;. The monoisotopic (exact) mass is 1140 g/mol. The van der Waals surface area contributed by atoms with E-state index in [2.05, 4.69) is 119 Å². The van der Waals surface area contributed by atoms with Crippen molar-refractivity contribution in [1.29, 1.82) is 0 Å². The molecule has 2 atom stereocenters. The van der Waals surface area contributed by atoms with E-state index in [-0.39, 0.29) is 72.5 Å². The second-order valence-corrected chi connectivity index (χ2v) is 22.5. The maximum atomic E-state index is 12.7. The number of fused-ring (bicyclic) bond motifs is 4. The molecule has 6 aliphatic rings. The molecule has 10 rings (SSSR count). The number of anilines is 2. The van der Waals surface area contributed by atoms with E-state index in [0.29, 0.717) is 50.0 Å². The van der Waals surface area contributed by atoms with Gasteiger partial charge >= 0.3 is 11.9 Å². The third-order valence-electron chi connectivity index (χ3n) is 16.0. The Balaban J connectivity index is 0.000000215. The lowest BCUT2D eigenvalue weighted by atomic mass is 9.80. The lowest BCUT2D eigenvalue weighted by Crippen LogP contribution is -3.10. The van der Waals surface area contributed by atoms with Crippen molar-refractivity contribution in [3.63, 3.8) is 0 Å². The number of carboxylic acid groups (broad SMARTS) is 1. The number of carbonyl (C=O) groups excluding carboxylic acids is 7. The van der Waals surface area contributed by atoms with E-state index in [1.165, 1.54) is 45.2 Å². The highest BCUT2D eigenvalue weighted by Crippen LogP contribution is 2.47. The topological polar surface area (TPSA) is 195 Å². The lowest BCUT2D eigenvalue weighted by molar-refractivity contribution is -0.850. The number of nitrogens with one attached hydrogen (secondary N) is 1. The van der Waals surface area contributed by atoms with E-state index in [1.54, 1.807) is 0 Å². The van der Waals surface area contributed by atoms with Gasteiger partial charge in [-0.2, -0.15) is 0 Å². The molecule has 0 bridgehead atoms. The summed E-state index contributed by atoms with van der Waals surface area (Å²) < 4.78 is 8.22. The number of likely N-dealkylation sites (N-methyl/N-ethyl adjacent to an activating group) is 1. The number of halogens is 1. The molecule has 0 radical (unpaired) electrons. The Labute approximate surface area is 489 Å². The van der Waals surface area contributed by atoms with Crippen LogP contribution >= 0.6 is 0 Å². The van der Waals surface area contributed by atoms with Crippen LogP contribution in [0.1, 0.15) is 111 Å². The van der Waals surface area contributed by atoms with Crippen molar-refractivity contribution in [3.8, 4) is 22.5 Å². The molecule has 2 saturated heterocycles. The summed E-state index contributed by atoms with van der Waals surface area (Å²) in [5, 5.41) is 15.0. The predicted octanol–water partition coefficient (Wildman–Crippen LogP) is 4.35. The van der Waals surface area contributed by atoms with E-state index in [9.17, 15) is 38.7 Å². The number of rotatable bonds is 15. The van der Waals surface area contributed by atoms with Crippen LogP contribution in [0.15, 0.2) is 144 Å².